The monoisotopic (exact) mass is 307 g/mol. The molecule has 2 rings (SSSR count). The second-order valence-electron chi connectivity index (χ2n) is 5.01. The van der Waals surface area contributed by atoms with E-state index in [-0.39, 0.29) is 6.04 Å². The number of nitrogens with one attached hydrogen (secondary N) is 1. The summed E-state index contributed by atoms with van der Waals surface area (Å²) in [6.45, 7) is 3.77. The van der Waals surface area contributed by atoms with Gasteiger partial charge in [-0.1, -0.05) is 31.2 Å². The van der Waals surface area contributed by atoms with Gasteiger partial charge in [0.2, 0.25) is 0 Å². The molecule has 116 valence electrons. The average molecular weight is 307 g/mol. The fraction of sp³-hybridized carbons (Fsp3) is 0.235. The van der Waals surface area contributed by atoms with Crippen LogP contribution in [0.25, 0.3) is 0 Å². The van der Waals surface area contributed by atoms with E-state index in [1.54, 1.807) is 6.92 Å². The average Bonchev–Trinajstić information content (AvgIpc) is 2.52. The van der Waals surface area contributed by atoms with Crippen molar-refractivity contribution in [3.8, 4) is 0 Å². The molecule has 1 amide bonds. The quantitative estimate of drug-likeness (QED) is 0.844. The van der Waals surface area contributed by atoms with Crippen LogP contribution in [0.2, 0.25) is 0 Å². The Morgan fingerprint density at radius 1 is 1.05 bits per heavy atom. The summed E-state index contributed by atoms with van der Waals surface area (Å²) >= 11 is 0. The molecule has 0 bridgehead atoms. The molecule has 0 aliphatic carbocycles. The van der Waals surface area contributed by atoms with Crippen molar-refractivity contribution in [3.63, 3.8) is 0 Å². The van der Waals surface area contributed by atoms with Gasteiger partial charge >= 0.3 is 0 Å². The smallest absolute Gasteiger partial charge is 0.254 e. The molecule has 0 aliphatic rings. The van der Waals surface area contributed by atoms with Crippen molar-refractivity contribution in [2.24, 2.45) is 0 Å². The van der Waals surface area contributed by atoms with Crippen molar-refractivity contribution in [2.75, 3.05) is 0 Å². The van der Waals surface area contributed by atoms with Gasteiger partial charge in [0.15, 0.2) is 17.5 Å². The molecule has 1 atom stereocenters. The lowest BCUT2D eigenvalue weighted by molar-refractivity contribution is 0.0934. The summed E-state index contributed by atoms with van der Waals surface area (Å²) in [4.78, 5) is 12.0. The van der Waals surface area contributed by atoms with E-state index in [2.05, 4.69) is 5.32 Å². The van der Waals surface area contributed by atoms with Crippen molar-refractivity contribution < 1.29 is 18.0 Å². The minimum Gasteiger partial charge on any atom is -0.345 e. The summed E-state index contributed by atoms with van der Waals surface area (Å²) in [7, 11) is 0. The molecule has 0 aromatic heterocycles. The number of amides is 1. The predicted molar refractivity (Wildman–Crippen MR) is 78.0 cm³/mol. The molecule has 0 fully saturated rings. The molecule has 2 nitrogen and oxygen atoms in total. The number of halogens is 3. The number of benzene rings is 2. The Balaban J connectivity index is 2.15. The van der Waals surface area contributed by atoms with Crippen LogP contribution >= 0.6 is 0 Å². The first-order valence-corrected chi connectivity index (χ1v) is 6.97. The number of rotatable bonds is 4. The van der Waals surface area contributed by atoms with Crippen LogP contribution in [-0.4, -0.2) is 5.91 Å². The lowest BCUT2D eigenvalue weighted by atomic mass is 10.0. The zero-order valence-corrected chi connectivity index (χ0v) is 12.3. The third-order valence-electron chi connectivity index (χ3n) is 3.52. The second-order valence-corrected chi connectivity index (χ2v) is 5.01. The summed E-state index contributed by atoms with van der Waals surface area (Å²) in [5.74, 6) is -5.24. The Hall–Kier alpha value is -2.30. The molecular weight excluding hydrogens is 291 g/mol. The topological polar surface area (TPSA) is 29.1 Å². The van der Waals surface area contributed by atoms with E-state index in [4.69, 9.17) is 0 Å². The first-order chi connectivity index (χ1) is 10.4. The summed E-state index contributed by atoms with van der Waals surface area (Å²) in [6.07, 6.45) is 0.904. The van der Waals surface area contributed by atoms with E-state index in [0.29, 0.717) is 0 Å². The van der Waals surface area contributed by atoms with Gasteiger partial charge in [0.05, 0.1) is 11.6 Å². The van der Waals surface area contributed by atoms with E-state index in [0.717, 1.165) is 29.7 Å². The molecule has 0 spiro atoms. The van der Waals surface area contributed by atoms with Gasteiger partial charge in [0.1, 0.15) is 0 Å². The number of hydrogen-bond donors (Lipinski definition) is 1. The largest absolute Gasteiger partial charge is 0.345 e. The Morgan fingerprint density at radius 3 is 2.27 bits per heavy atom. The summed E-state index contributed by atoms with van der Waals surface area (Å²) in [5, 5.41) is 2.57. The SMILES string of the molecule is CCc1ccc(C(C)NC(=O)c2ccc(F)c(F)c2F)cc1. The van der Waals surface area contributed by atoms with Gasteiger partial charge < -0.3 is 5.32 Å². The number of hydrogen-bond acceptors (Lipinski definition) is 1. The van der Waals surface area contributed by atoms with Crippen LogP contribution in [-0.2, 0) is 6.42 Å². The Labute approximate surface area is 127 Å². The summed E-state index contributed by atoms with van der Waals surface area (Å²) in [5.41, 5.74) is 1.48. The van der Waals surface area contributed by atoms with Crippen LogP contribution in [0, 0.1) is 17.5 Å². The van der Waals surface area contributed by atoms with Gasteiger partial charge in [-0.05, 0) is 36.6 Å². The summed E-state index contributed by atoms with van der Waals surface area (Å²) < 4.78 is 39.6. The number of carbonyl (C=O) groups excluding carboxylic acids is 1. The van der Waals surface area contributed by atoms with Crippen molar-refractivity contribution in [3.05, 3.63) is 70.5 Å². The molecule has 0 saturated carbocycles. The van der Waals surface area contributed by atoms with Crippen LogP contribution in [0.1, 0.15) is 41.4 Å². The molecule has 2 aromatic rings. The molecule has 0 aliphatic heterocycles. The molecule has 0 radical (unpaired) electrons. The zero-order chi connectivity index (χ0) is 16.3. The lowest BCUT2D eigenvalue weighted by Crippen LogP contribution is -2.27. The maximum Gasteiger partial charge on any atom is 0.254 e. The maximum atomic E-state index is 13.6. The van der Waals surface area contributed by atoms with Crippen LogP contribution < -0.4 is 5.32 Å². The van der Waals surface area contributed by atoms with Crippen LogP contribution in [0.15, 0.2) is 36.4 Å². The first-order valence-electron chi connectivity index (χ1n) is 6.97. The van der Waals surface area contributed by atoms with Gasteiger partial charge in [-0.2, -0.15) is 0 Å². The van der Waals surface area contributed by atoms with Gasteiger partial charge in [0.25, 0.3) is 5.91 Å². The highest BCUT2D eigenvalue weighted by Crippen LogP contribution is 2.18. The standard InChI is InChI=1S/C17H16F3NO/c1-3-11-4-6-12(7-5-11)10(2)21-17(22)13-8-9-14(18)16(20)15(13)19/h4-10H,3H2,1-2H3,(H,21,22). The van der Waals surface area contributed by atoms with Crippen LogP contribution in [0.4, 0.5) is 13.2 Å². The molecule has 0 heterocycles. The predicted octanol–water partition coefficient (Wildman–Crippen LogP) is 4.16. The zero-order valence-electron chi connectivity index (χ0n) is 12.3. The van der Waals surface area contributed by atoms with Crippen LogP contribution in [0.5, 0.6) is 0 Å². The van der Waals surface area contributed by atoms with E-state index in [1.165, 1.54) is 0 Å². The van der Waals surface area contributed by atoms with E-state index in [9.17, 15) is 18.0 Å². The fourth-order valence-corrected chi connectivity index (χ4v) is 2.10. The minimum absolute atomic E-state index is 0.383. The molecule has 0 saturated heterocycles. The van der Waals surface area contributed by atoms with Gasteiger partial charge in [-0.25, -0.2) is 13.2 Å². The molecule has 2 aromatic carbocycles. The molecule has 1 N–H and O–H groups in total. The minimum atomic E-state index is -1.65. The maximum absolute atomic E-state index is 13.6. The molecule has 5 heteroatoms. The number of aryl methyl sites for hydroxylation is 1. The Bertz CT molecular complexity index is 683. The van der Waals surface area contributed by atoms with Gasteiger partial charge in [-0.15, -0.1) is 0 Å². The number of carbonyl (C=O) groups is 1. The highest BCUT2D eigenvalue weighted by molar-refractivity contribution is 5.94. The van der Waals surface area contributed by atoms with Gasteiger partial charge in [0, 0.05) is 0 Å². The molecule has 1 unspecified atom stereocenters. The van der Waals surface area contributed by atoms with Crippen molar-refractivity contribution in [1.82, 2.24) is 5.32 Å². The van der Waals surface area contributed by atoms with E-state index in [1.807, 2.05) is 31.2 Å². The van der Waals surface area contributed by atoms with Crippen molar-refractivity contribution >= 4 is 5.91 Å². The van der Waals surface area contributed by atoms with Crippen molar-refractivity contribution in [2.45, 2.75) is 26.3 Å². The Morgan fingerprint density at radius 2 is 1.68 bits per heavy atom. The molecule has 22 heavy (non-hydrogen) atoms. The van der Waals surface area contributed by atoms with Crippen LogP contribution in [0.3, 0.4) is 0 Å². The third-order valence-corrected chi connectivity index (χ3v) is 3.52. The van der Waals surface area contributed by atoms with E-state index < -0.39 is 28.9 Å². The first kappa shape index (κ1) is 16.1. The summed E-state index contributed by atoms with van der Waals surface area (Å²) in [6, 6.07) is 8.89. The Kier molecular flexibility index (Phi) is 4.85. The normalized spacial score (nSPS) is 12.0. The van der Waals surface area contributed by atoms with Crippen molar-refractivity contribution in [1.29, 1.82) is 0 Å². The lowest BCUT2D eigenvalue weighted by Gasteiger charge is -2.15. The molecular formula is C17H16F3NO. The second kappa shape index (κ2) is 6.64. The van der Waals surface area contributed by atoms with Gasteiger partial charge in [-0.3, -0.25) is 4.79 Å². The highest BCUT2D eigenvalue weighted by Gasteiger charge is 2.20. The fourth-order valence-electron chi connectivity index (χ4n) is 2.10. The third kappa shape index (κ3) is 3.30. The highest BCUT2D eigenvalue weighted by atomic mass is 19.2. The van der Waals surface area contributed by atoms with E-state index >= 15 is 0 Å².